The summed E-state index contributed by atoms with van der Waals surface area (Å²) in [6.45, 7) is 3.99. The maximum Gasteiger partial charge on any atom is 0.238 e. The first-order valence-corrected chi connectivity index (χ1v) is 6.15. The lowest BCUT2D eigenvalue weighted by molar-refractivity contribution is -0.118. The topological polar surface area (TPSA) is 61.8 Å². The molecule has 0 bridgehead atoms. The Kier molecular flexibility index (Phi) is 5.32. The van der Waals surface area contributed by atoms with Crippen LogP contribution in [0, 0.1) is 0 Å². The number of hydrogen-bond acceptors (Lipinski definition) is 4. The van der Waals surface area contributed by atoms with Gasteiger partial charge < -0.3 is 15.2 Å². The van der Waals surface area contributed by atoms with Crippen LogP contribution < -0.4 is 10.1 Å². The molecule has 0 fully saturated rings. The van der Waals surface area contributed by atoms with Crippen molar-refractivity contribution in [1.82, 2.24) is 4.90 Å². The maximum atomic E-state index is 11.9. The summed E-state index contributed by atoms with van der Waals surface area (Å²) in [5, 5.41) is 12.0. The number of methoxy groups -OCH3 is 1. The quantitative estimate of drug-likeness (QED) is 0.815. The van der Waals surface area contributed by atoms with Crippen molar-refractivity contribution in [3.05, 3.63) is 24.3 Å². The lowest BCUT2D eigenvalue weighted by atomic mass is 10.1. The maximum absolute atomic E-state index is 11.9. The number of carbonyl (C=O) groups excluding carboxylic acids is 1. The summed E-state index contributed by atoms with van der Waals surface area (Å²) in [6.07, 6.45) is 0. The first-order valence-electron chi connectivity index (χ1n) is 6.15. The van der Waals surface area contributed by atoms with E-state index in [4.69, 9.17) is 4.74 Å². The molecule has 0 atom stereocenters. The standard InChI is InChI=1S/C14H22N2O3/c1-14(2,10-17)16(3)9-13(18)15-11-5-7-12(19-4)8-6-11/h5-8,17H,9-10H2,1-4H3,(H,15,18). The van der Waals surface area contributed by atoms with Crippen LogP contribution in [0.15, 0.2) is 24.3 Å². The molecule has 2 N–H and O–H groups in total. The van der Waals surface area contributed by atoms with Gasteiger partial charge in [0, 0.05) is 11.2 Å². The SMILES string of the molecule is COc1ccc(NC(=O)CN(C)C(C)(C)CO)cc1. The van der Waals surface area contributed by atoms with Crippen LogP contribution in [-0.2, 0) is 4.79 Å². The normalized spacial score (nSPS) is 11.5. The van der Waals surface area contributed by atoms with Gasteiger partial charge in [0.15, 0.2) is 0 Å². The van der Waals surface area contributed by atoms with Crippen molar-refractivity contribution in [2.45, 2.75) is 19.4 Å². The summed E-state index contributed by atoms with van der Waals surface area (Å²) in [5.74, 6) is 0.630. The van der Waals surface area contributed by atoms with Crippen molar-refractivity contribution in [1.29, 1.82) is 0 Å². The zero-order chi connectivity index (χ0) is 14.5. The van der Waals surface area contributed by atoms with Crippen LogP contribution in [0.4, 0.5) is 5.69 Å². The number of likely N-dealkylation sites (N-methyl/N-ethyl adjacent to an activating group) is 1. The van der Waals surface area contributed by atoms with Crippen LogP contribution >= 0.6 is 0 Å². The lowest BCUT2D eigenvalue weighted by Gasteiger charge is -2.33. The predicted octanol–water partition coefficient (Wildman–Crippen LogP) is 1.34. The largest absolute Gasteiger partial charge is 0.497 e. The molecule has 1 aromatic carbocycles. The number of hydrogen-bond donors (Lipinski definition) is 2. The van der Waals surface area contributed by atoms with Crippen LogP contribution in [0.1, 0.15) is 13.8 Å². The minimum atomic E-state index is -0.419. The molecular weight excluding hydrogens is 244 g/mol. The highest BCUT2D eigenvalue weighted by atomic mass is 16.5. The Morgan fingerprint density at radius 1 is 1.37 bits per heavy atom. The van der Waals surface area contributed by atoms with Gasteiger partial charge in [0.25, 0.3) is 0 Å². The molecule has 0 heterocycles. The molecule has 106 valence electrons. The highest BCUT2D eigenvalue weighted by Crippen LogP contribution is 2.15. The zero-order valence-corrected chi connectivity index (χ0v) is 11.9. The summed E-state index contributed by atoms with van der Waals surface area (Å²) >= 11 is 0. The smallest absolute Gasteiger partial charge is 0.238 e. The van der Waals surface area contributed by atoms with Crippen LogP contribution in [0.3, 0.4) is 0 Å². The Bertz CT molecular complexity index is 415. The molecule has 0 radical (unpaired) electrons. The Balaban J connectivity index is 2.55. The van der Waals surface area contributed by atoms with Crippen molar-refractivity contribution in [3.63, 3.8) is 0 Å². The molecule has 0 saturated carbocycles. The van der Waals surface area contributed by atoms with Crippen molar-refractivity contribution < 1.29 is 14.6 Å². The first-order chi connectivity index (χ1) is 8.89. The number of carbonyl (C=O) groups is 1. The van der Waals surface area contributed by atoms with Gasteiger partial charge in [-0.15, -0.1) is 0 Å². The first kappa shape index (κ1) is 15.5. The van der Waals surface area contributed by atoms with Gasteiger partial charge >= 0.3 is 0 Å². The number of nitrogens with zero attached hydrogens (tertiary/aromatic N) is 1. The van der Waals surface area contributed by atoms with Crippen LogP contribution in [-0.4, -0.2) is 48.8 Å². The molecule has 0 aliphatic heterocycles. The molecule has 5 nitrogen and oxygen atoms in total. The summed E-state index contributed by atoms with van der Waals surface area (Å²) < 4.78 is 5.05. The second-order valence-corrected chi connectivity index (χ2v) is 5.10. The highest BCUT2D eigenvalue weighted by Gasteiger charge is 2.24. The molecule has 0 unspecified atom stereocenters. The molecule has 0 saturated heterocycles. The molecular formula is C14H22N2O3. The van der Waals surface area contributed by atoms with Gasteiger partial charge in [0.05, 0.1) is 20.3 Å². The minimum absolute atomic E-state index is 0.000679. The summed E-state index contributed by atoms with van der Waals surface area (Å²) in [5.41, 5.74) is 0.304. The highest BCUT2D eigenvalue weighted by molar-refractivity contribution is 5.92. The fourth-order valence-corrected chi connectivity index (χ4v) is 1.43. The van der Waals surface area contributed by atoms with E-state index >= 15 is 0 Å². The fourth-order valence-electron chi connectivity index (χ4n) is 1.43. The minimum Gasteiger partial charge on any atom is -0.497 e. The van der Waals surface area contributed by atoms with E-state index in [1.54, 1.807) is 31.4 Å². The number of rotatable bonds is 6. The molecule has 0 aliphatic rings. The number of ether oxygens (including phenoxy) is 1. The van der Waals surface area contributed by atoms with Crippen LogP contribution in [0.25, 0.3) is 0 Å². The number of amides is 1. The van der Waals surface area contributed by atoms with Gasteiger partial charge in [0.2, 0.25) is 5.91 Å². The lowest BCUT2D eigenvalue weighted by Crippen LogP contribution is -2.47. The van der Waals surface area contributed by atoms with Crippen LogP contribution in [0.2, 0.25) is 0 Å². The van der Waals surface area contributed by atoms with Crippen LogP contribution in [0.5, 0.6) is 5.75 Å². The average molecular weight is 266 g/mol. The number of nitrogens with one attached hydrogen (secondary N) is 1. The van der Waals surface area contributed by atoms with E-state index in [-0.39, 0.29) is 19.1 Å². The molecule has 0 spiro atoms. The third-order valence-electron chi connectivity index (χ3n) is 3.17. The third-order valence-corrected chi connectivity index (χ3v) is 3.17. The molecule has 0 aliphatic carbocycles. The second-order valence-electron chi connectivity index (χ2n) is 5.10. The predicted molar refractivity (Wildman–Crippen MR) is 75.4 cm³/mol. The Morgan fingerprint density at radius 3 is 2.42 bits per heavy atom. The Hall–Kier alpha value is -1.59. The van der Waals surface area contributed by atoms with Crippen molar-refractivity contribution >= 4 is 11.6 Å². The van der Waals surface area contributed by atoms with E-state index in [1.165, 1.54) is 0 Å². The van der Waals surface area contributed by atoms with E-state index in [2.05, 4.69) is 5.32 Å². The van der Waals surface area contributed by atoms with E-state index < -0.39 is 5.54 Å². The fraction of sp³-hybridized carbons (Fsp3) is 0.500. The van der Waals surface area contributed by atoms with Gasteiger partial charge in [-0.1, -0.05) is 0 Å². The van der Waals surface area contributed by atoms with E-state index in [9.17, 15) is 9.90 Å². The second kappa shape index (κ2) is 6.54. The Morgan fingerprint density at radius 2 is 1.95 bits per heavy atom. The van der Waals surface area contributed by atoms with Gasteiger partial charge in [0.1, 0.15) is 5.75 Å². The van der Waals surface area contributed by atoms with Crippen molar-refractivity contribution in [3.8, 4) is 5.75 Å². The number of anilines is 1. The van der Waals surface area contributed by atoms with E-state index in [0.29, 0.717) is 0 Å². The number of aliphatic hydroxyl groups excluding tert-OH is 1. The summed E-state index contributed by atoms with van der Waals surface area (Å²) in [4.78, 5) is 13.7. The van der Waals surface area contributed by atoms with Gasteiger partial charge in [-0.2, -0.15) is 0 Å². The van der Waals surface area contributed by atoms with E-state index in [1.807, 2.05) is 25.8 Å². The number of aliphatic hydroxyl groups is 1. The Labute approximate surface area is 114 Å². The summed E-state index contributed by atoms with van der Waals surface area (Å²) in [7, 11) is 3.41. The molecule has 19 heavy (non-hydrogen) atoms. The molecule has 1 aromatic rings. The molecule has 1 rings (SSSR count). The van der Waals surface area contributed by atoms with Gasteiger partial charge in [-0.3, -0.25) is 9.69 Å². The van der Waals surface area contributed by atoms with Gasteiger partial charge in [-0.05, 0) is 45.2 Å². The monoisotopic (exact) mass is 266 g/mol. The van der Waals surface area contributed by atoms with Crippen molar-refractivity contribution in [2.24, 2.45) is 0 Å². The molecule has 5 heteroatoms. The third kappa shape index (κ3) is 4.54. The molecule has 1 amide bonds. The van der Waals surface area contributed by atoms with Crippen molar-refractivity contribution in [2.75, 3.05) is 32.6 Å². The number of benzene rings is 1. The van der Waals surface area contributed by atoms with Gasteiger partial charge in [-0.25, -0.2) is 0 Å². The molecule has 0 aromatic heterocycles. The van der Waals surface area contributed by atoms with E-state index in [0.717, 1.165) is 11.4 Å². The zero-order valence-electron chi connectivity index (χ0n) is 11.9. The average Bonchev–Trinajstić information content (AvgIpc) is 2.39. The summed E-state index contributed by atoms with van der Waals surface area (Å²) in [6, 6.07) is 7.15.